The zero-order valence-corrected chi connectivity index (χ0v) is 9.26. The SMILES string of the molecule is C=C(CNC1CC1)CN1CCC(C)C1. The van der Waals surface area contributed by atoms with Crippen LogP contribution in [0.4, 0.5) is 0 Å². The summed E-state index contributed by atoms with van der Waals surface area (Å²) in [5.74, 6) is 0.888. The number of hydrogen-bond donors (Lipinski definition) is 1. The van der Waals surface area contributed by atoms with Gasteiger partial charge < -0.3 is 5.32 Å². The molecule has 2 heteroatoms. The summed E-state index contributed by atoms with van der Waals surface area (Å²) in [5, 5.41) is 3.52. The molecule has 1 N–H and O–H groups in total. The van der Waals surface area contributed by atoms with Gasteiger partial charge in [0.05, 0.1) is 0 Å². The lowest BCUT2D eigenvalue weighted by Crippen LogP contribution is -2.28. The molecule has 1 atom stereocenters. The molecule has 0 aromatic carbocycles. The fourth-order valence-corrected chi connectivity index (χ4v) is 2.12. The first-order valence-corrected chi connectivity index (χ1v) is 5.86. The quantitative estimate of drug-likeness (QED) is 0.669. The molecular formula is C12H22N2. The van der Waals surface area contributed by atoms with E-state index in [9.17, 15) is 0 Å². The zero-order chi connectivity index (χ0) is 9.97. The van der Waals surface area contributed by atoms with Crippen LogP contribution in [0.1, 0.15) is 26.2 Å². The highest BCUT2D eigenvalue weighted by atomic mass is 15.1. The largest absolute Gasteiger partial charge is 0.310 e. The van der Waals surface area contributed by atoms with Gasteiger partial charge in [-0.3, -0.25) is 4.90 Å². The summed E-state index contributed by atoms with van der Waals surface area (Å²) < 4.78 is 0. The van der Waals surface area contributed by atoms with Crippen molar-refractivity contribution < 1.29 is 0 Å². The fourth-order valence-electron chi connectivity index (χ4n) is 2.12. The molecule has 14 heavy (non-hydrogen) atoms. The van der Waals surface area contributed by atoms with Gasteiger partial charge in [0.1, 0.15) is 0 Å². The van der Waals surface area contributed by atoms with Crippen molar-refractivity contribution in [1.29, 1.82) is 0 Å². The second-order valence-electron chi connectivity index (χ2n) is 5.03. The van der Waals surface area contributed by atoms with Crippen LogP contribution in [0.3, 0.4) is 0 Å². The molecule has 0 bridgehead atoms. The predicted molar refractivity (Wildman–Crippen MR) is 60.4 cm³/mol. The van der Waals surface area contributed by atoms with E-state index in [0.717, 1.165) is 25.0 Å². The average Bonchev–Trinajstić information content (AvgIpc) is 2.88. The number of nitrogens with one attached hydrogen (secondary N) is 1. The molecule has 1 saturated heterocycles. The second-order valence-corrected chi connectivity index (χ2v) is 5.03. The predicted octanol–water partition coefficient (Wildman–Crippen LogP) is 1.64. The van der Waals surface area contributed by atoms with Crippen LogP contribution in [0, 0.1) is 5.92 Å². The van der Waals surface area contributed by atoms with E-state index in [1.807, 2.05) is 0 Å². The van der Waals surface area contributed by atoms with E-state index in [-0.39, 0.29) is 0 Å². The van der Waals surface area contributed by atoms with Crippen molar-refractivity contribution >= 4 is 0 Å². The van der Waals surface area contributed by atoms with Crippen LogP contribution in [0.5, 0.6) is 0 Å². The average molecular weight is 194 g/mol. The Hall–Kier alpha value is -0.340. The first kappa shape index (κ1) is 10.2. The molecular weight excluding hydrogens is 172 g/mol. The highest BCUT2D eigenvalue weighted by molar-refractivity contribution is 5.02. The Morgan fingerprint density at radius 3 is 2.79 bits per heavy atom. The molecule has 1 saturated carbocycles. The van der Waals surface area contributed by atoms with Gasteiger partial charge >= 0.3 is 0 Å². The summed E-state index contributed by atoms with van der Waals surface area (Å²) in [6.45, 7) is 11.1. The van der Waals surface area contributed by atoms with Gasteiger partial charge in [0.2, 0.25) is 0 Å². The van der Waals surface area contributed by atoms with Crippen molar-refractivity contribution in [2.45, 2.75) is 32.2 Å². The maximum absolute atomic E-state index is 4.14. The van der Waals surface area contributed by atoms with Crippen molar-refractivity contribution in [3.05, 3.63) is 12.2 Å². The molecule has 0 radical (unpaired) electrons. The summed E-state index contributed by atoms with van der Waals surface area (Å²) in [4.78, 5) is 2.53. The van der Waals surface area contributed by atoms with Gasteiger partial charge in [-0.25, -0.2) is 0 Å². The van der Waals surface area contributed by atoms with Crippen LogP contribution in [0.25, 0.3) is 0 Å². The number of likely N-dealkylation sites (tertiary alicyclic amines) is 1. The van der Waals surface area contributed by atoms with E-state index in [0.29, 0.717) is 0 Å². The van der Waals surface area contributed by atoms with Crippen LogP contribution in [0.2, 0.25) is 0 Å². The number of rotatable bonds is 5. The Kier molecular flexibility index (Phi) is 3.24. The van der Waals surface area contributed by atoms with Gasteiger partial charge in [-0.1, -0.05) is 13.5 Å². The molecule has 1 aliphatic heterocycles. The fraction of sp³-hybridized carbons (Fsp3) is 0.833. The van der Waals surface area contributed by atoms with Crippen molar-refractivity contribution in [1.82, 2.24) is 10.2 Å². The second kappa shape index (κ2) is 4.45. The highest BCUT2D eigenvalue weighted by Gasteiger charge is 2.21. The van der Waals surface area contributed by atoms with Gasteiger partial charge in [-0.15, -0.1) is 0 Å². The lowest BCUT2D eigenvalue weighted by molar-refractivity contribution is 0.352. The summed E-state index contributed by atoms with van der Waals surface area (Å²) in [6, 6.07) is 0.809. The standard InChI is InChI=1S/C12H22N2/c1-10-5-6-14(8-10)9-11(2)7-13-12-3-4-12/h10,12-13H,2-9H2,1H3. The first-order valence-electron chi connectivity index (χ1n) is 5.86. The lowest BCUT2D eigenvalue weighted by atomic mass is 10.2. The lowest BCUT2D eigenvalue weighted by Gasteiger charge is -2.17. The smallest absolute Gasteiger partial charge is 0.0202 e. The van der Waals surface area contributed by atoms with Gasteiger partial charge in [0, 0.05) is 25.7 Å². The topological polar surface area (TPSA) is 15.3 Å². The molecule has 2 fully saturated rings. The van der Waals surface area contributed by atoms with E-state index >= 15 is 0 Å². The monoisotopic (exact) mass is 194 g/mol. The Morgan fingerprint density at radius 1 is 1.43 bits per heavy atom. The van der Waals surface area contributed by atoms with Crippen molar-refractivity contribution in [3.8, 4) is 0 Å². The molecule has 1 unspecified atom stereocenters. The van der Waals surface area contributed by atoms with Crippen molar-refractivity contribution in [2.24, 2.45) is 5.92 Å². The Balaban J connectivity index is 1.61. The van der Waals surface area contributed by atoms with E-state index in [4.69, 9.17) is 0 Å². The van der Waals surface area contributed by atoms with Gasteiger partial charge in [0.15, 0.2) is 0 Å². The third-order valence-corrected chi connectivity index (χ3v) is 3.17. The number of hydrogen-bond acceptors (Lipinski definition) is 2. The minimum absolute atomic E-state index is 0.809. The summed E-state index contributed by atoms with van der Waals surface area (Å²) in [7, 11) is 0. The Labute approximate surface area is 87.4 Å². The maximum Gasteiger partial charge on any atom is 0.0202 e. The molecule has 2 nitrogen and oxygen atoms in total. The van der Waals surface area contributed by atoms with Gasteiger partial charge in [0.25, 0.3) is 0 Å². The van der Waals surface area contributed by atoms with Gasteiger partial charge in [-0.05, 0) is 37.3 Å². The molecule has 2 aliphatic rings. The van der Waals surface area contributed by atoms with Crippen molar-refractivity contribution in [2.75, 3.05) is 26.2 Å². The molecule has 2 rings (SSSR count). The van der Waals surface area contributed by atoms with E-state index < -0.39 is 0 Å². The zero-order valence-electron chi connectivity index (χ0n) is 9.26. The summed E-state index contributed by atoms with van der Waals surface area (Å²) in [5.41, 5.74) is 1.35. The molecule has 0 aromatic heterocycles. The highest BCUT2D eigenvalue weighted by Crippen LogP contribution is 2.19. The number of nitrogens with zero attached hydrogens (tertiary/aromatic N) is 1. The molecule has 0 spiro atoms. The summed E-state index contributed by atoms with van der Waals surface area (Å²) >= 11 is 0. The van der Waals surface area contributed by atoms with Gasteiger partial charge in [-0.2, -0.15) is 0 Å². The maximum atomic E-state index is 4.14. The minimum Gasteiger partial charge on any atom is -0.310 e. The summed E-state index contributed by atoms with van der Waals surface area (Å²) in [6.07, 6.45) is 4.10. The van der Waals surface area contributed by atoms with Crippen LogP contribution in [0.15, 0.2) is 12.2 Å². The molecule has 1 heterocycles. The Bertz CT molecular complexity index is 208. The van der Waals surface area contributed by atoms with E-state index in [1.54, 1.807) is 0 Å². The van der Waals surface area contributed by atoms with Crippen LogP contribution in [-0.4, -0.2) is 37.1 Å². The van der Waals surface area contributed by atoms with Crippen molar-refractivity contribution in [3.63, 3.8) is 0 Å². The molecule has 80 valence electrons. The molecule has 0 amide bonds. The Morgan fingerprint density at radius 2 is 2.21 bits per heavy atom. The molecule has 0 aromatic rings. The minimum atomic E-state index is 0.809. The normalized spacial score (nSPS) is 28.2. The van der Waals surface area contributed by atoms with E-state index in [2.05, 4.69) is 23.7 Å². The first-order chi connectivity index (χ1) is 6.74. The van der Waals surface area contributed by atoms with Crippen LogP contribution >= 0.6 is 0 Å². The van der Waals surface area contributed by atoms with Crippen LogP contribution < -0.4 is 5.32 Å². The third-order valence-electron chi connectivity index (χ3n) is 3.17. The molecule has 1 aliphatic carbocycles. The van der Waals surface area contributed by atoms with Crippen LogP contribution in [-0.2, 0) is 0 Å². The van der Waals surface area contributed by atoms with E-state index in [1.165, 1.54) is 37.9 Å². The third kappa shape index (κ3) is 3.10.